The van der Waals surface area contributed by atoms with Gasteiger partial charge in [0.2, 0.25) is 12.0 Å². The summed E-state index contributed by atoms with van der Waals surface area (Å²) < 4.78 is 37.9. The van der Waals surface area contributed by atoms with Crippen LogP contribution in [0.25, 0.3) is 0 Å². The van der Waals surface area contributed by atoms with E-state index in [1.165, 1.54) is 6.92 Å². The van der Waals surface area contributed by atoms with Crippen LogP contribution in [0.3, 0.4) is 0 Å². The molecule has 1 unspecified atom stereocenters. The molecule has 21 heavy (non-hydrogen) atoms. The Labute approximate surface area is 117 Å². The highest BCUT2D eigenvalue weighted by Gasteiger charge is 2.41. The predicted molar refractivity (Wildman–Crippen MR) is 65.9 cm³/mol. The number of esters is 1. The van der Waals surface area contributed by atoms with Gasteiger partial charge in [-0.15, -0.1) is 0 Å². The van der Waals surface area contributed by atoms with Crippen molar-refractivity contribution < 1.29 is 23.0 Å². The number of aromatic nitrogens is 2. The van der Waals surface area contributed by atoms with Gasteiger partial charge in [-0.25, -0.2) is 14.0 Å². The number of nitrogens with one attached hydrogen (secondary N) is 1. The third kappa shape index (κ3) is 3.02. The lowest BCUT2D eigenvalue weighted by atomic mass is 10.00. The van der Waals surface area contributed by atoms with Gasteiger partial charge in [0, 0.05) is 12.5 Å². The zero-order chi connectivity index (χ0) is 15.6. The van der Waals surface area contributed by atoms with Crippen molar-refractivity contribution in [2.24, 2.45) is 5.92 Å². The fourth-order valence-electron chi connectivity index (χ4n) is 2.21. The van der Waals surface area contributed by atoms with Crippen LogP contribution in [0.15, 0.2) is 15.8 Å². The molecular formula is C12H14F2N2O5. The van der Waals surface area contributed by atoms with Gasteiger partial charge < -0.3 is 9.47 Å². The standard InChI is InChI=1S/C12H14F2N2O5/c1-2-20-11(18)8(14)6-3-4-21-10(6)16-5-7(13)9(17)15-12(16)19/h5-6,8,10H,2-4H2,1H3,(H,15,17,19)/t6-,8?,10+/m0/s1. The molecule has 7 nitrogen and oxygen atoms in total. The van der Waals surface area contributed by atoms with Crippen LogP contribution in [0.2, 0.25) is 0 Å². The second-order valence-corrected chi connectivity index (χ2v) is 4.51. The van der Waals surface area contributed by atoms with Gasteiger partial charge in [0.1, 0.15) is 6.23 Å². The molecule has 0 bridgehead atoms. The Bertz CT molecular complexity index is 641. The van der Waals surface area contributed by atoms with Crippen molar-refractivity contribution in [1.82, 2.24) is 9.55 Å². The number of hydrogen-bond donors (Lipinski definition) is 1. The number of rotatable bonds is 4. The molecule has 1 aliphatic rings. The molecule has 1 aliphatic heterocycles. The quantitative estimate of drug-likeness (QED) is 0.797. The molecule has 1 fully saturated rings. The molecule has 0 radical (unpaired) electrons. The molecule has 0 aromatic carbocycles. The lowest BCUT2D eigenvalue weighted by molar-refractivity contribution is -0.153. The smallest absolute Gasteiger partial charge is 0.341 e. The monoisotopic (exact) mass is 304 g/mol. The molecule has 2 heterocycles. The van der Waals surface area contributed by atoms with Crippen molar-refractivity contribution in [3.63, 3.8) is 0 Å². The number of carbonyl (C=O) groups is 1. The van der Waals surface area contributed by atoms with Gasteiger partial charge >= 0.3 is 11.7 Å². The molecular weight excluding hydrogens is 290 g/mol. The Morgan fingerprint density at radius 1 is 1.62 bits per heavy atom. The number of aromatic amines is 1. The summed E-state index contributed by atoms with van der Waals surface area (Å²) in [5.74, 6) is -3.25. The number of H-pyrrole nitrogens is 1. The molecule has 0 spiro atoms. The van der Waals surface area contributed by atoms with Crippen molar-refractivity contribution in [3.8, 4) is 0 Å². The molecule has 3 atom stereocenters. The highest BCUT2D eigenvalue weighted by atomic mass is 19.1. The van der Waals surface area contributed by atoms with Crippen LogP contribution in [-0.4, -0.2) is 34.9 Å². The van der Waals surface area contributed by atoms with Crippen LogP contribution in [0.5, 0.6) is 0 Å². The van der Waals surface area contributed by atoms with E-state index < -0.39 is 41.4 Å². The summed E-state index contributed by atoms with van der Waals surface area (Å²) >= 11 is 0. The molecule has 1 N–H and O–H groups in total. The van der Waals surface area contributed by atoms with Gasteiger partial charge in [0.15, 0.2) is 0 Å². The van der Waals surface area contributed by atoms with Crippen LogP contribution in [0.4, 0.5) is 8.78 Å². The second-order valence-electron chi connectivity index (χ2n) is 4.51. The first-order valence-electron chi connectivity index (χ1n) is 6.39. The van der Waals surface area contributed by atoms with E-state index in [2.05, 4.69) is 4.74 Å². The Hall–Kier alpha value is -2.03. The normalized spacial score (nSPS) is 23.0. The van der Waals surface area contributed by atoms with Crippen molar-refractivity contribution in [1.29, 1.82) is 0 Å². The Balaban J connectivity index is 2.31. The Morgan fingerprint density at radius 2 is 2.33 bits per heavy atom. The number of alkyl halides is 1. The topological polar surface area (TPSA) is 90.4 Å². The summed E-state index contributed by atoms with van der Waals surface area (Å²) in [5, 5.41) is 0. The van der Waals surface area contributed by atoms with Gasteiger partial charge in [0.05, 0.1) is 12.8 Å². The summed E-state index contributed by atoms with van der Waals surface area (Å²) in [6, 6.07) is 0. The predicted octanol–water partition coefficient (Wildman–Crippen LogP) is 0.112. The average Bonchev–Trinajstić information content (AvgIpc) is 2.91. The minimum absolute atomic E-state index is 0.0186. The summed E-state index contributed by atoms with van der Waals surface area (Å²) in [6.45, 7) is 1.65. The van der Waals surface area contributed by atoms with Crippen LogP contribution >= 0.6 is 0 Å². The van der Waals surface area contributed by atoms with E-state index in [9.17, 15) is 23.2 Å². The van der Waals surface area contributed by atoms with Crippen molar-refractivity contribution in [3.05, 3.63) is 32.9 Å². The van der Waals surface area contributed by atoms with E-state index in [4.69, 9.17) is 4.74 Å². The van der Waals surface area contributed by atoms with Crippen LogP contribution in [-0.2, 0) is 14.3 Å². The molecule has 1 aromatic rings. The van der Waals surface area contributed by atoms with Gasteiger partial charge in [-0.3, -0.25) is 14.3 Å². The molecule has 1 saturated heterocycles. The van der Waals surface area contributed by atoms with E-state index in [1.807, 2.05) is 0 Å². The minimum Gasteiger partial charge on any atom is -0.464 e. The number of carbonyl (C=O) groups excluding carboxylic acids is 1. The van der Waals surface area contributed by atoms with Gasteiger partial charge in [0.25, 0.3) is 5.56 Å². The molecule has 1 aromatic heterocycles. The summed E-state index contributed by atoms with van der Waals surface area (Å²) in [7, 11) is 0. The number of ether oxygens (including phenoxy) is 2. The van der Waals surface area contributed by atoms with Gasteiger partial charge in [-0.1, -0.05) is 0 Å². The van der Waals surface area contributed by atoms with Crippen LogP contribution in [0, 0.1) is 11.7 Å². The SMILES string of the molecule is CCOC(=O)C(F)[C@@H]1CCO[C@H]1n1cc(F)c(=O)[nH]c1=O. The largest absolute Gasteiger partial charge is 0.464 e. The highest BCUT2D eigenvalue weighted by molar-refractivity contribution is 5.75. The van der Waals surface area contributed by atoms with Crippen LogP contribution in [0.1, 0.15) is 19.6 Å². The summed E-state index contributed by atoms with van der Waals surface area (Å²) in [5.41, 5.74) is -2.11. The number of nitrogens with zero attached hydrogens (tertiary/aromatic N) is 1. The first kappa shape index (κ1) is 15.4. The summed E-state index contributed by atoms with van der Waals surface area (Å²) in [4.78, 5) is 35.8. The van der Waals surface area contributed by atoms with Crippen molar-refractivity contribution in [2.75, 3.05) is 13.2 Å². The maximum Gasteiger partial charge on any atom is 0.341 e. The second kappa shape index (κ2) is 6.17. The zero-order valence-corrected chi connectivity index (χ0v) is 11.2. The van der Waals surface area contributed by atoms with E-state index >= 15 is 0 Å². The first-order chi connectivity index (χ1) is 9.95. The Kier molecular flexibility index (Phi) is 4.51. The highest BCUT2D eigenvalue weighted by Crippen LogP contribution is 2.33. The fraction of sp³-hybridized carbons (Fsp3) is 0.583. The molecule has 0 amide bonds. The van der Waals surface area contributed by atoms with E-state index in [0.717, 1.165) is 4.57 Å². The van der Waals surface area contributed by atoms with E-state index in [1.54, 1.807) is 4.98 Å². The number of halogens is 2. The lowest BCUT2D eigenvalue weighted by Crippen LogP contribution is -2.39. The van der Waals surface area contributed by atoms with Gasteiger partial charge in [-0.05, 0) is 13.3 Å². The Morgan fingerprint density at radius 3 is 3.00 bits per heavy atom. The molecule has 0 saturated carbocycles. The maximum absolute atomic E-state index is 14.1. The number of hydrogen-bond acceptors (Lipinski definition) is 5. The van der Waals surface area contributed by atoms with Gasteiger partial charge in [-0.2, -0.15) is 4.39 Å². The maximum atomic E-state index is 14.1. The molecule has 2 rings (SSSR count). The lowest BCUT2D eigenvalue weighted by Gasteiger charge is -2.22. The molecule has 116 valence electrons. The minimum atomic E-state index is -2.00. The zero-order valence-electron chi connectivity index (χ0n) is 11.2. The van der Waals surface area contributed by atoms with E-state index in [0.29, 0.717) is 6.20 Å². The molecule has 9 heteroatoms. The average molecular weight is 304 g/mol. The summed E-state index contributed by atoms with van der Waals surface area (Å²) in [6.07, 6.45) is -2.37. The van der Waals surface area contributed by atoms with Crippen molar-refractivity contribution >= 4 is 5.97 Å². The first-order valence-corrected chi connectivity index (χ1v) is 6.39. The molecule has 0 aliphatic carbocycles. The fourth-order valence-corrected chi connectivity index (χ4v) is 2.21. The van der Waals surface area contributed by atoms with Crippen molar-refractivity contribution in [2.45, 2.75) is 25.7 Å². The van der Waals surface area contributed by atoms with Crippen LogP contribution < -0.4 is 11.2 Å². The third-order valence-corrected chi connectivity index (χ3v) is 3.19. The van der Waals surface area contributed by atoms with E-state index in [-0.39, 0.29) is 19.6 Å². The third-order valence-electron chi connectivity index (χ3n) is 3.19.